The standard InChI is InChI=1S/C37H45N7O4/c1-26-8-4-9-27-10-5-12-31(33(26)27)44-18-15-30-34(37(44)24-47-25-37)39-36(48-23-29-11-6-17-41(29)2)40-35(30)42-19-20-43(28(22-42)14-16-38)32(45)13-7-21-46-3/h4-5,7-10,12-13,28-29H,6,11,14-15,17-25H2,1-3H3/b13-7+/t28-,29-/m0/s1. The Kier molecular flexibility index (Phi) is 9.23. The number of likely N-dealkylation sites (N-methyl/N-ethyl adjacent to an activating group) is 1. The first kappa shape index (κ1) is 32.3. The summed E-state index contributed by atoms with van der Waals surface area (Å²) in [7, 11) is 3.74. The lowest BCUT2D eigenvalue weighted by Crippen LogP contribution is -2.63. The Bertz CT molecular complexity index is 1730. The van der Waals surface area contributed by atoms with Crippen LogP contribution in [0.4, 0.5) is 11.5 Å². The lowest BCUT2D eigenvalue weighted by atomic mass is 9.81. The summed E-state index contributed by atoms with van der Waals surface area (Å²) in [5.74, 6) is 0.743. The van der Waals surface area contributed by atoms with Crippen molar-refractivity contribution < 1.29 is 19.0 Å². The molecule has 5 heterocycles. The number of hydrogen-bond donors (Lipinski definition) is 0. The summed E-state index contributed by atoms with van der Waals surface area (Å²) >= 11 is 0. The number of carbonyl (C=O) groups excluding carboxylic acids is 1. The molecule has 48 heavy (non-hydrogen) atoms. The predicted molar refractivity (Wildman–Crippen MR) is 184 cm³/mol. The Hall–Kier alpha value is -4.24. The number of carbonyl (C=O) groups is 1. The molecule has 4 aliphatic rings. The largest absolute Gasteiger partial charge is 0.462 e. The molecule has 2 atom stereocenters. The number of piperazine rings is 1. The van der Waals surface area contributed by atoms with Crippen LogP contribution in [0.25, 0.3) is 10.8 Å². The van der Waals surface area contributed by atoms with Crippen LogP contribution in [0.1, 0.15) is 36.1 Å². The number of likely N-dealkylation sites (tertiary alicyclic amines) is 1. The molecular formula is C37H45N7O4. The average molecular weight is 652 g/mol. The molecule has 7 rings (SSSR count). The van der Waals surface area contributed by atoms with Gasteiger partial charge in [0, 0.05) is 62.0 Å². The van der Waals surface area contributed by atoms with Gasteiger partial charge in [0.2, 0.25) is 5.91 Å². The van der Waals surface area contributed by atoms with E-state index in [2.05, 4.69) is 71.1 Å². The Labute approximate surface area is 282 Å². The number of methoxy groups -OCH3 is 1. The molecule has 0 N–H and O–H groups in total. The highest BCUT2D eigenvalue weighted by atomic mass is 16.5. The molecule has 3 saturated heterocycles. The Morgan fingerprint density at radius 2 is 1.96 bits per heavy atom. The highest BCUT2D eigenvalue weighted by Gasteiger charge is 2.52. The quantitative estimate of drug-likeness (QED) is 0.317. The maximum atomic E-state index is 13.1. The zero-order chi connectivity index (χ0) is 33.3. The SMILES string of the molecule is COC/C=C/C(=O)N1CCN(c2nc(OC[C@@H]3CCCN3C)nc3c2CCN(c2cccc4cccc(C)c24)C32COC2)C[C@@H]1CC#N. The van der Waals surface area contributed by atoms with Crippen LogP contribution in [0, 0.1) is 18.3 Å². The summed E-state index contributed by atoms with van der Waals surface area (Å²) < 4.78 is 17.6. The topological polar surface area (TPSA) is 107 Å². The molecule has 1 aromatic heterocycles. The van der Waals surface area contributed by atoms with Crippen LogP contribution < -0.4 is 14.5 Å². The molecule has 11 nitrogen and oxygen atoms in total. The minimum atomic E-state index is -0.458. The number of aryl methyl sites for hydroxylation is 1. The summed E-state index contributed by atoms with van der Waals surface area (Å²) in [5, 5.41) is 12.2. The van der Waals surface area contributed by atoms with E-state index in [1.54, 1.807) is 24.2 Å². The van der Waals surface area contributed by atoms with E-state index in [-0.39, 0.29) is 18.4 Å². The minimum absolute atomic E-state index is 0.104. The van der Waals surface area contributed by atoms with Crippen molar-refractivity contribution in [2.45, 2.75) is 50.2 Å². The molecule has 252 valence electrons. The third kappa shape index (κ3) is 5.87. The molecule has 0 saturated carbocycles. The summed E-state index contributed by atoms with van der Waals surface area (Å²) in [5.41, 5.74) is 4.04. The number of benzene rings is 2. The van der Waals surface area contributed by atoms with Crippen LogP contribution in [-0.2, 0) is 26.2 Å². The lowest BCUT2D eigenvalue weighted by Gasteiger charge is -2.54. The van der Waals surface area contributed by atoms with Crippen molar-refractivity contribution in [3.63, 3.8) is 0 Å². The number of fused-ring (bicyclic) bond motifs is 3. The van der Waals surface area contributed by atoms with Crippen LogP contribution in [0.15, 0.2) is 48.6 Å². The molecule has 0 radical (unpaired) electrons. The second kappa shape index (κ2) is 13.7. The van der Waals surface area contributed by atoms with Crippen molar-refractivity contribution in [1.82, 2.24) is 19.8 Å². The third-order valence-electron chi connectivity index (χ3n) is 10.6. The van der Waals surface area contributed by atoms with E-state index in [0.717, 1.165) is 49.4 Å². The molecule has 0 aliphatic carbocycles. The van der Waals surface area contributed by atoms with E-state index >= 15 is 0 Å². The zero-order valence-corrected chi connectivity index (χ0v) is 28.2. The first-order valence-electron chi connectivity index (χ1n) is 17.1. The second-order valence-corrected chi connectivity index (χ2v) is 13.5. The molecule has 11 heteroatoms. The molecule has 3 fully saturated rings. The monoisotopic (exact) mass is 651 g/mol. The number of aromatic nitrogens is 2. The molecule has 3 aromatic rings. The highest BCUT2D eigenvalue weighted by Crippen LogP contribution is 2.47. The van der Waals surface area contributed by atoms with Gasteiger partial charge in [-0.2, -0.15) is 15.2 Å². The van der Waals surface area contributed by atoms with Crippen LogP contribution in [-0.4, -0.2) is 111 Å². The molecule has 0 bridgehead atoms. The van der Waals surface area contributed by atoms with Crippen molar-refractivity contribution in [1.29, 1.82) is 5.26 Å². The number of amides is 1. The molecule has 2 aromatic carbocycles. The minimum Gasteiger partial charge on any atom is -0.462 e. The summed E-state index contributed by atoms with van der Waals surface area (Å²) in [4.78, 5) is 32.3. The maximum absolute atomic E-state index is 13.1. The first-order chi connectivity index (χ1) is 23.4. The number of nitriles is 1. The average Bonchev–Trinajstić information content (AvgIpc) is 3.50. The lowest BCUT2D eigenvalue weighted by molar-refractivity contribution is -0.128. The maximum Gasteiger partial charge on any atom is 0.318 e. The van der Waals surface area contributed by atoms with Gasteiger partial charge in [0.25, 0.3) is 0 Å². The van der Waals surface area contributed by atoms with Gasteiger partial charge in [0.15, 0.2) is 0 Å². The van der Waals surface area contributed by atoms with Crippen molar-refractivity contribution >= 4 is 28.2 Å². The van der Waals surface area contributed by atoms with Gasteiger partial charge in [-0.05, 0) is 56.8 Å². The van der Waals surface area contributed by atoms with Gasteiger partial charge in [-0.1, -0.05) is 36.4 Å². The van der Waals surface area contributed by atoms with Gasteiger partial charge >= 0.3 is 6.01 Å². The van der Waals surface area contributed by atoms with Gasteiger partial charge in [-0.15, -0.1) is 0 Å². The van der Waals surface area contributed by atoms with E-state index in [1.807, 2.05) is 0 Å². The molecule has 0 unspecified atom stereocenters. The number of nitrogens with zero attached hydrogens (tertiary/aromatic N) is 7. The third-order valence-corrected chi connectivity index (χ3v) is 10.6. The fraction of sp³-hybridized carbons (Fsp3) is 0.514. The van der Waals surface area contributed by atoms with Gasteiger partial charge in [0.1, 0.15) is 18.0 Å². The fourth-order valence-electron chi connectivity index (χ4n) is 7.95. The Morgan fingerprint density at radius 3 is 2.69 bits per heavy atom. The van der Waals surface area contributed by atoms with Gasteiger partial charge in [0.05, 0.1) is 44.0 Å². The molecule has 1 amide bonds. The molecule has 1 spiro atoms. The Morgan fingerprint density at radius 1 is 1.12 bits per heavy atom. The highest BCUT2D eigenvalue weighted by molar-refractivity contribution is 5.97. The summed E-state index contributed by atoms with van der Waals surface area (Å²) in [6, 6.07) is 15.7. The first-order valence-corrected chi connectivity index (χ1v) is 17.1. The number of ether oxygens (including phenoxy) is 3. The summed E-state index contributed by atoms with van der Waals surface area (Å²) in [6.45, 7) is 7.55. The van der Waals surface area contributed by atoms with E-state index in [0.29, 0.717) is 58.1 Å². The van der Waals surface area contributed by atoms with E-state index in [4.69, 9.17) is 24.2 Å². The predicted octanol–water partition coefficient (Wildman–Crippen LogP) is 3.83. The fourth-order valence-corrected chi connectivity index (χ4v) is 7.95. The zero-order valence-electron chi connectivity index (χ0n) is 28.2. The number of anilines is 2. The van der Waals surface area contributed by atoms with E-state index < -0.39 is 5.54 Å². The van der Waals surface area contributed by atoms with E-state index in [9.17, 15) is 10.1 Å². The normalized spacial score (nSPS) is 22.2. The van der Waals surface area contributed by atoms with Gasteiger partial charge in [-0.3, -0.25) is 4.79 Å². The van der Waals surface area contributed by atoms with Crippen molar-refractivity contribution in [2.75, 3.05) is 83.1 Å². The van der Waals surface area contributed by atoms with Gasteiger partial charge < -0.3 is 33.8 Å². The van der Waals surface area contributed by atoms with Crippen molar-refractivity contribution in [2.24, 2.45) is 0 Å². The van der Waals surface area contributed by atoms with Crippen molar-refractivity contribution in [3.8, 4) is 12.1 Å². The number of hydrogen-bond acceptors (Lipinski definition) is 10. The van der Waals surface area contributed by atoms with Crippen LogP contribution in [0.2, 0.25) is 0 Å². The Balaban J connectivity index is 1.27. The van der Waals surface area contributed by atoms with E-state index in [1.165, 1.54) is 22.0 Å². The molecule has 4 aliphatic heterocycles. The van der Waals surface area contributed by atoms with Crippen LogP contribution in [0.3, 0.4) is 0 Å². The smallest absolute Gasteiger partial charge is 0.318 e. The van der Waals surface area contributed by atoms with Crippen LogP contribution >= 0.6 is 0 Å². The molecular weight excluding hydrogens is 606 g/mol. The summed E-state index contributed by atoms with van der Waals surface area (Å²) in [6.07, 6.45) is 6.49. The second-order valence-electron chi connectivity index (χ2n) is 13.5. The number of rotatable bonds is 9. The van der Waals surface area contributed by atoms with Crippen LogP contribution in [0.5, 0.6) is 6.01 Å². The van der Waals surface area contributed by atoms with Crippen molar-refractivity contribution in [3.05, 3.63) is 65.4 Å². The van der Waals surface area contributed by atoms with Gasteiger partial charge in [-0.25, -0.2) is 0 Å².